The summed E-state index contributed by atoms with van der Waals surface area (Å²) in [7, 11) is 0. The van der Waals surface area contributed by atoms with Gasteiger partial charge in [0.15, 0.2) is 0 Å². The normalized spacial score (nSPS) is 10.6. The Morgan fingerprint density at radius 2 is 0.688 bits per heavy atom. The van der Waals surface area contributed by atoms with E-state index in [-0.39, 0.29) is 132 Å². The van der Waals surface area contributed by atoms with Gasteiger partial charge in [-0.05, 0) is 16.7 Å². The van der Waals surface area contributed by atoms with Gasteiger partial charge >= 0.3 is 0 Å². The van der Waals surface area contributed by atoms with Crippen molar-refractivity contribution < 1.29 is 43.0 Å². The van der Waals surface area contributed by atoms with E-state index >= 15 is 0 Å². The monoisotopic (exact) mass is 738 g/mol. The molecule has 6 amide bonds. The van der Waals surface area contributed by atoms with Gasteiger partial charge in [-0.15, -0.1) is 34.8 Å². The Hall–Kier alpha value is -3.21. The van der Waals surface area contributed by atoms with Gasteiger partial charge in [0, 0.05) is 58.5 Å². The summed E-state index contributed by atoms with van der Waals surface area (Å²) >= 11 is 16.2. The standard InChI is InChI=1S/C30H45Cl3N6O9/c31-16-28(43)34-4-10-46-7-1-25(40)37-19-22-13-23(20-38-26(41)2-8-47-11-5-35-29(44)17-32)15-24(14-22)21-39-27(42)3-9-48-12-6-36-30(45)18-33/h13-15H,1-12,16-21H2,(H,34,43)(H,35,44)(H,36,45)(H,37,40)(H,38,41)(H,39,42). The Balaban J connectivity index is 2.61. The predicted octanol–water partition coefficient (Wildman–Crippen LogP) is -0.180. The lowest BCUT2D eigenvalue weighted by atomic mass is 10.0. The minimum absolute atomic E-state index is 0.115. The van der Waals surface area contributed by atoms with Crippen LogP contribution in [0.3, 0.4) is 0 Å². The van der Waals surface area contributed by atoms with E-state index in [4.69, 9.17) is 49.0 Å². The van der Waals surface area contributed by atoms with Crippen molar-refractivity contribution in [3.63, 3.8) is 0 Å². The van der Waals surface area contributed by atoms with Crippen molar-refractivity contribution >= 4 is 70.2 Å². The fourth-order valence-corrected chi connectivity index (χ4v) is 4.03. The fraction of sp³-hybridized carbons (Fsp3) is 0.600. The van der Waals surface area contributed by atoms with Gasteiger partial charge in [0.25, 0.3) is 0 Å². The van der Waals surface area contributed by atoms with Crippen LogP contribution in [0.2, 0.25) is 0 Å². The Labute approximate surface area is 295 Å². The third kappa shape index (κ3) is 23.2. The van der Waals surface area contributed by atoms with Gasteiger partial charge in [-0.25, -0.2) is 0 Å². The zero-order chi connectivity index (χ0) is 35.4. The average molecular weight is 740 g/mol. The SMILES string of the molecule is O=C(CCl)NCCOCCC(=O)NCc1cc(CNC(=O)CCOCCNC(=O)CCl)cc(CNC(=O)CCOCCNC(=O)CCl)c1. The van der Waals surface area contributed by atoms with Crippen LogP contribution in [0.5, 0.6) is 0 Å². The molecule has 0 aliphatic rings. The van der Waals surface area contributed by atoms with Gasteiger partial charge in [-0.3, -0.25) is 28.8 Å². The molecule has 0 bridgehead atoms. The van der Waals surface area contributed by atoms with Crippen molar-refractivity contribution in [3.8, 4) is 0 Å². The maximum Gasteiger partial charge on any atom is 0.235 e. The maximum atomic E-state index is 12.4. The lowest BCUT2D eigenvalue weighted by Crippen LogP contribution is -2.29. The smallest absolute Gasteiger partial charge is 0.235 e. The van der Waals surface area contributed by atoms with Crippen LogP contribution in [0.25, 0.3) is 0 Å². The minimum Gasteiger partial charge on any atom is -0.379 e. The Morgan fingerprint density at radius 1 is 0.417 bits per heavy atom. The Kier molecular flexibility index (Phi) is 24.7. The van der Waals surface area contributed by atoms with Crippen molar-refractivity contribution in [2.45, 2.75) is 38.9 Å². The van der Waals surface area contributed by atoms with E-state index in [9.17, 15) is 28.8 Å². The van der Waals surface area contributed by atoms with E-state index in [2.05, 4.69) is 31.9 Å². The first kappa shape index (κ1) is 42.8. The summed E-state index contributed by atoms with van der Waals surface area (Å²) < 4.78 is 16.1. The number of alkyl halides is 3. The molecule has 0 aliphatic carbocycles. The molecule has 0 atom stereocenters. The summed E-state index contributed by atoms with van der Waals surface area (Å²) in [6.07, 6.45) is 0.346. The number of rotatable bonds is 27. The molecule has 0 fully saturated rings. The van der Waals surface area contributed by atoms with Crippen LogP contribution in [0.15, 0.2) is 18.2 Å². The van der Waals surface area contributed by atoms with Gasteiger partial charge in [0.05, 0.1) is 39.6 Å². The minimum atomic E-state index is -0.300. The van der Waals surface area contributed by atoms with Gasteiger partial charge in [-0.2, -0.15) is 0 Å². The van der Waals surface area contributed by atoms with Gasteiger partial charge < -0.3 is 46.1 Å². The van der Waals surface area contributed by atoms with Gasteiger partial charge in [-0.1, -0.05) is 18.2 Å². The first-order valence-corrected chi connectivity index (χ1v) is 16.9. The number of carbonyl (C=O) groups excluding carboxylic acids is 6. The first-order chi connectivity index (χ1) is 23.2. The van der Waals surface area contributed by atoms with Gasteiger partial charge in [0.2, 0.25) is 35.4 Å². The summed E-state index contributed by atoms with van der Waals surface area (Å²) in [4.78, 5) is 70.5. The molecular weight excluding hydrogens is 695 g/mol. The van der Waals surface area contributed by atoms with Crippen molar-refractivity contribution in [2.75, 3.05) is 76.9 Å². The van der Waals surface area contributed by atoms with Crippen LogP contribution < -0.4 is 31.9 Å². The second-order valence-corrected chi connectivity index (χ2v) is 10.8. The van der Waals surface area contributed by atoms with Crippen LogP contribution in [0.1, 0.15) is 36.0 Å². The number of hydrogen-bond donors (Lipinski definition) is 6. The zero-order valence-electron chi connectivity index (χ0n) is 26.8. The average Bonchev–Trinajstić information content (AvgIpc) is 3.09. The summed E-state index contributed by atoms with van der Waals surface area (Å²) in [5.41, 5.74) is 2.27. The molecule has 0 aromatic heterocycles. The summed E-state index contributed by atoms with van der Waals surface area (Å²) in [6.45, 7) is 2.73. The number of amides is 6. The Morgan fingerprint density at radius 3 is 0.938 bits per heavy atom. The molecular formula is C30H45Cl3N6O9. The molecule has 0 saturated heterocycles. The largest absolute Gasteiger partial charge is 0.379 e. The topological polar surface area (TPSA) is 202 Å². The van der Waals surface area contributed by atoms with Gasteiger partial charge in [0.1, 0.15) is 17.6 Å². The number of ether oxygens (including phenoxy) is 3. The molecule has 1 rings (SSSR count). The highest BCUT2D eigenvalue weighted by atomic mass is 35.5. The second-order valence-electron chi connectivity index (χ2n) is 10.0. The zero-order valence-corrected chi connectivity index (χ0v) is 29.0. The van der Waals surface area contributed by atoms with E-state index in [0.717, 1.165) is 16.7 Å². The van der Waals surface area contributed by atoms with E-state index in [1.807, 2.05) is 18.2 Å². The predicted molar refractivity (Wildman–Crippen MR) is 179 cm³/mol. The summed E-state index contributed by atoms with van der Waals surface area (Å²) in [5.74, 6) is -2.01. The number of hydrogen-bond acceptors (Lipinski definition) is 9. The molecule has 48 heavy (non-hydrogen) atoms. The first-order valence-electron chi connectivity index (χ1n) is 15.3. The van der Waals surface area contributed by atoms with Crippen LogP contribution >= 0.6 is 34.8 Å². The molecule has 270 valence electrons. The lowest BCUT2D eigenvalue weighted by Gasteiger charge is -2.13. The number of benzene rings is 1. The molecule has 18 heteroatoms. The second kappa shape index (κ2) is 27.7. The van der Waals surface area contributed by atoms with Crippen LogP contribution in [0, 0.1) is 0 Å². The summed E-state index contributed by atoms with van der Waals surface area (Å²) in [5, 5.41) is 16.2. The molecule has 0 saturated carbocycles. The van der Waals surface area contributed by atoms with Crippen molar-refractivity contribution in [3.05, 3.63) is 34.9 Å². The van der Waals surface area contributed by atoms with E-state index in [1.54, 1.807) is 0 Å². The van der Waals surface area contributed by atoms with Crippen molar-refractivity contribution in [1.82, 2.24) is 31.9 Å². The number of halogens is 3. The Bertz CT molecular complexity index is 1010. The van der Waals surface area contributed by atoms with E-state index < -0.39 is 0 Å². The molecule has 1 aromatic rings. The molecule has 0 radical (unpaired) electrons. The van der Waals surface area contributed by atoms with Crippen LogP contribution in [-0.4, -0.2) is 112 Å². The number of nitrogens with one attached hydrogen (secondary N) is 6. The molecule has 0 aliphatic heterocycles. The molecule has 1 aromatic carbocycles. The highest BCUT2D eigenvalue weighted by Crippen LogP contribution is 2.12. The lowest BCUT2D eigenvalue weighted by molar-refractivity contribution is -0.123. The molecule has 0 unspecified atom stereocenters. The highest BCUT2D eigenvalue weighted by molar-refractivity contribution is 6.27. The third-order valence-corrected chi connectivity index (χ3v) is 6.80. The quantitative estimate of drug-likeness (QED) is 0.0523. The summed E-state index contributed by atoms with van der Waals surface area (Å²) in [6, 6.07) is 5.53. The molecule has 15 nitrogen and oxygen atoms in total. The van der Waals surface area contributed by atoms with Crippen molar-refractivity contribution in [1.29, 1.82) is 0 Å². The van der Waals surface area contributed by atoms with E-state index in [1.165, 1.54) is 0 Å². The maximum absolute atomic E-state index is 12.4. The van der Waals surface area contributed by atoms with E-state index in [0.29, 0.717) is 19.6 Å². The van der Waals surface area contributed by atoms with Crippen molar-refractivity contribution in [2.24, 2.45) is 0 Å². The fourth-order valence-electron chi connectivity index (χ4n) is 3.74. The molecule has 0 heterocycles. The third-order valence-electron chi connectivity index (χ3n) is 6.07. The molecule has 0 spiro atoms. The highest BCUT2D eigenvalue weighted by Gasteiger charge is 2.09. The van der Waals surface area contributed by atoms with Crippen LogP contribution in [-0.2, 0) is 62.6 Å². The number of carbonyl (C=O) groups is 6. The molecule has 6 N–H and O–H groups in total. The van der Waals surface area contributed by atoms with Crippen LogP contribution in [0.4, 0.5) is 0 Å².